The first kappa shape index (κ1) is 21.0. The Hall–Kier alpha value is -2.68. The molecule has 1 aliphatic heterocycles. The minimum atomic E-state index is -1.06. The van der Waals surface area contributed by atoms with Crippen LogP contribution < -0.4 is 4.90 Å². The van der Waals surface area contributed by atoms with Gasteiger partial charge in [0.15, 0.2) is 11.7 Å². The molecule has 2 aromatic rings. The van der Waals surface area contributed by atoms with Crippen LogP contribution in [-0.2, 0) is 9.53 Å². The van der Waals surface area contributed by atoms with Crippen LogP contribution in [-0.4, -0.2) is 35.6 Å². The number of ether oxygens (including phenoxy) is 1. The number of carbonyl (C=O) groups excluding carboxylic acids is 1. The highest BCUT2D eigenvalue weighted by Gasteiger charge is 2.31. The number of unbranched alkanes of at least 4 members (excludes halogenated alkanes) is 3. The average molecular weight is 395 g/mol. The normalized spacial score (nSPS) is 17.7. The summed E-state index contributed by atoms with van der Waals surface area (Å²) in [6, 6.07) is 9.70. The number of anilines is 1. The zero-order valence-corrected chi connectivity index (χ0v) is 17.4. The Morgan fingerprint density at radius 1 is 1.28 bits per heavy atom. The molecule has 0 spiro atoms. The fourth-order valence-corrected chi connectivity index (χ4v) is 3.82. The quantitative estimate of drug-likeness (QED) is 0.481. The summed E-state index contributed by atoms with van der Waals surface area (Å²) in [5.74, 6) is -0.411. The first-order chi connectivity index (χ1) is 14.1. The van der Waals surface area contributed by atoms with Crippen LogP contribution in [0.25, 0.3) is 11.0 Å². The predicted octanol–water partition coefficient (Wildman–Crippen LogP) is 4.60. The van der Waals surface area contributed by atoms with E-state index in [0.29, 0.717) is 29.6 Å². The molecule has 2 atom stereocenters. The maximum atomic E-state index is 12.7. The van der Waals surface area contributed by atoms with Gasteiger partial charge in [0, 0.05) is 13.1 Å². The Morgan fingerprint density at radius 2 is 2.03 bits per heavy atom. The topological polar surface area (TPSA) is 79.1 Å². The van der Waals surface area contributed by atoms with Crippen LogP contribution in [0.2, 0.25) is 0 Å². The molecule has 0 saturated carbocycles. The first-order valence-electron chi connectivity index (χ1n) is 10.7. The standard InChI is InChI=1S/C23H30N4O2/c1-3-4-5-8-14-29-23(28)18(15-24)21-22(27-13-9-10-17(2)16-27)26-20-12-7-6-11-19(20)25-21/h6-7,11-12,17-18H,3-5,8-10,13-14,16H2,1-2H3/t17-,18-/m1/s1. The summed E-state index contributed by atoms with van der Waals surface area (Å²) < 4.78 is 5.42. The molecule has 2 heterocycles. The van der Waals surface area contributed by atoms with Crippen LogP contribution in [0.3, 0.4) is 0 Å². The van der Waals surface area contributed by atoms with Crippen molar-refractivity contribution in [1.29, 1.82) is 5.26 Å². The van der Waals surface area contributed by atoms with Gasteiger partial charge < -0.3 is 9.64 Å². The van der Waals surface area contributed by atoms with Crippen molar-refractivity contribution in [2.24, 2.45) is 5.92 Å². The van der Waals surface area contributed by atoms with Gasteiger partial charge in [-0.25, -0.2) is 9.97 Å². The maximum absolute atomic E-state index is 12.7. The second-order valence-electron chi connectivity index (χ2n) is 7.90. The number of rotatable bonds is 8. The average Bonchev–Trinajstić information content (AvgIpc) is 2.73. The number of aromatic nitrogens is 2. The van der Waals surface area contributed by atoms with Gasteiger partial charge in [0.1, 0.15) is 5.69 Å². The molecule has 3 rings (SSSR count). The Morgan fingerprint density at radius 3 is 2.72 bits per heavy atom. The molecule has 6 heteroatoms. The fraction of sp³-hybridized carbons (Fsp3) is 0.565. The van der Waals surface area contributed by atoms with E-state index in [9.17, 15) is 10.1 Å². The van der Waals surface area contributed by atoms with Crippen LogP contribution in [0.1, 0.15) is 64.0 Å². The number of esters is 1. The predicted molar refractivity (Wildman–Crippen MR) is 114 cm³/mol. The number of carbonyl (C=O) groups is 1. The molecule has 0 aliphatic carbocycles. The van der Waals surface area contributed by atoms with Gasteiger partial charge in [-0.05, 0) is 37.3 Å². The molecular weight excluding hydrogens is 364 g/mol. The van der Waals surface area contributed by atoms with Crippen molar-refractivity contribution in [3.05, 3.63) is 30.0 Å². The lowest BCUT2D eigenvalue weighted by Crippen LogP contribution is -2.36. The van der Waals surface area contributed by atoms with Crippen LogP contribution in [0.5, 0.6) is 0 Å². The molecule has 0 N–H and O–H groups in total. The smallest absolute Gasteiger partial charge is 0.329 e. The largest absolute Gasteiger partial charge is 0.464 e. The summed E-state index contributed by atoms with van der Waals surface area (Å²) in [6.45, 7) is 6.40. The van der Waals surface area contributed by atoms with Crippen LogP contribution in [0.4, 0.5) is 5.82 Å². The number of fused-ring (bicyclic) bond motifs is 1. The lowest BCUT2D eigenvalue weighted by atomic mass is 9.99. The van der Waals surface area contributed by atoms with Gasteiger partial charge in [0.25, 0.3) is 0 Å². The van der Waals surface area contributed by atoms with E-state index < -0.39 is 11.9 Å². The molecule has 1 aromatic heterocycles. The summed E-state index contributed by atoms with van der Waals surface area (Å²) in [4.78, 5) is 24.4. The highest BCUT2D eigenvalue weighted by Crippen LogP contribution is 2.30. The third-order valence-corrected chi connectivity index (χ3v) is 5.42. The minimum Gasteiger partial charge on any atom is -0.464 e. The van der Waals surface area contributed by atoms with Crippen molar-refractivity contribution in [3.63, 3.8) is 0 Å². The molecular formula is C23H30N4O2. The van der Waals surface area contributed by atoms with E-state index in [1.165, 1.54) is 6.42 Å². The molecule has 6 nitrogen and oxygen atoms in total. The van der Waals surface area contributed by atoms with Crippen molar-refractivity contribution >= 4 is 22.8 Å². The first-order valence-corrected chi connectivity index (χ1v) is 10.7. The van der Waals surface area contributed by atoms with E-state index in [0.717, 1.165) is 50.7 Å². The number of nitrogens with zero attached hydrogens (tertiary/aromatic N) is 4. The third-order valence-electron chi connectivity index (χ3n) is 5.42. The van der Waals surface area contributed by atoms with Gasteiger partial charge in [-0.1, -0.05) is 45.2 Å². The van der Waals surface area contributed by atoms with Crippen LogP contribution >= 0.6 is 0 Å². The summed E-state index contributed by atoms with van der Waals surface area (Å²) >= 11 is 0. The summed E-state index contributed by atoms with van der Waals surface area (Å²) in [5.41, 5.74) is 1.88. The van der Waals surface area contributed by atoms with Crippen LogP contribution in [0.15, 0.2) is 24.3 Å². The molecule has 1 fully saturated rings. The Bertz CT molecular complexity index is 877. The molecule has 0 unspecified atom stereocenters. The number of nitriles is 1. The highest BCUT2D eigenvalue weighted by molar-refractivity contribution is 5.85. The van der Waals surface area contributed by atoms with Crippen LogP contribution in [0, 0.1) is 17.2 Å². The number of hydrogen-bond donors (Lipinski definition) is 0. The van der Waals surface area contributed by atoms with E-state index in [-0.39, 0.29) is 0 Å². The van der Waals surface area contributed by atoms with Crippen molar-refractivity contribution in [2.75, 3.05) is 24.6 Å². The molecule has 1 aliphatic rings. The van der Waals surface area contributed by atoms with Crippen molar-refractivity contribution < 1.29 is 9.53 Å². The van der Waals surface area contributed by atoms with Gasteiger partial charge in [-0.2, -0.15) is 5.26 Å². The SMILES string of the molecule is CCCCCCOC(=O)[C@H](C#N)c1nc2ccccc2nc1N1CCC[C@@H](C)C1. The zero-order valence-electron chi connectivity index (χ0n) is 17.4. The molecule has 0 radical (unpaired) electrons. The second kappa shape index (κ2) is 10.2. The monoisotopic (exact) mass is 394 g/mol. The number of hydrogen-bond acceptors (Lipinski definition) is 6. The molecule has 29 heavy (non-hydrogen) atoms. The second-order valence-corrected chi connectivity index (χ2v) is 7.90. The van der Waals surface area contributed by atoms with E-state index in [1.807, 2.05) is 24.3 Å². The van der Waals surface area contributed by atoms with Gasteiger partial charge >= 0.3 is 5.97 Å². The molecule has 154 valence electrons. The summed E-state index contributed by atoms with van der Waals surface area (Å²) in [5, 5.41) is 9.80. The lowest BCUT2D eigenvalue weighted by Gasteiger charge is -2.33. The van der Waals surface area contributed by atoms with Gasteiger partial charge in [0.05, 0.1) is 23.7 Å². The van der Waals surface area contributed by atoms with E-state index >= 15 is 0 Å². The zero-order chi connectivity index (χ0) is 20.6. The molecule has 0 bridgehead atoms. The molecule has 1 saturated heterocycles. The van der Waals surface area contributed by atoms with Crippen molar-refractivity contribution in [3.8, 4) is 6.07 Å². The van der Waals surface area contributed by atoms with E-state index in [1.54, 1.807) is 0 Å². The fourth-order valence-electron chi connectivity index (χ4n) is 3.82. The lowest BCUT2D eigenvalue weighted by molar-refractivity contribution is -0.144. The van der Waals surface area contributed by atoms with E-state index in [4.69, 9.17) is 14.7 Å². The van der Waals surface area contributed by atoms with Gasteiger partial charge in [0.2, 0.25) is 0 Å². The summed E-state index contributed by atoms with van der Waals surface area (Å²) in [6.07, 6.45) is 6.32. The van der Waals surface area contributed by atoms with Crippen molar-refractivity contribution in [1.82, 2.24) is 9.97 Å². The molecule has 1 aromatic carbocycles. The maximum Gasteiger partial charge on any atom is 0.329 e. The Kier molecular flexibility index (Phi) is 7.40. The highest BCUT2D eigenvalue weighted by atomic mass is 16.5. The summed E-state index contributed by atoms with van der Waals surface area (Å²) in [7, 11) is 0. The Labute approximate surface area is 172 Å². The molecule has 0 amide bonds. The minimum absolute atomic E-state index is 0.341. The Balaban J connectivity index is 1.89. The third kappa shape index (κ3) is 5.23. The number of piperidine rings is 1. The van der Waals surface area contributed by atoms with E-state index in [2.05, 4.69) is 24.8 Å². The number of benzene rings is 1. The van der Waals surface area contributed by atoms with Crippen molar-refractivity contribution in [2.45, 2.75) is 58.3 Å². The number of para-hydroxylation sites is 2. The van der Waals surface area contributed by atoms with Gasteiger partial charge in [-0.3, -0.25) is 4.79 Å². The van der Waals surface area contributed by atoms with Gasteiger partial charge in [-0.15, -0.1) is 0 Å².